The van der Waals surface area contributed by atoms with Crippen molar-refractivity contribution in [3.05, 3.63) is 71.3 Å². The van der Waals surface area contributed by atoms with Crippen molar-refractivity contribution in [3.63, 3.8) is 0 Å². The first kappa shape index (κ1) is 23.5. The van der Waals surface area contributed by atoms with Gasteiger partial charge in [-0.25, -0.2) is 0 Å². The van der Waals surface area contributed by atoms with E-state index >= 15 is 0 Å². The lowest BCUT2D eigenvalue weighted by Crippen LogP contribution is -2.52. The molecule has 0 bridgehead atoms. The van der Waals surface area contributed by atoms with E-state index in [2.05, 4.69) is 44.3 Å². The molecule has 0 unspecified atom stereocenters. The Morgan fingerprint density at radius 3 is 2.30 bits per heavy atom. The van der Waals surface area contributed by atoms with Crippen LogP contribution in [0.3, 0.4) is 0 Å². The van der Waals surface area contributed by atoms with Crippen molar-refractivity contribution in [1.82, 2.24) is 10.2 Å². The van der Waals surface area contributed by atoms with Crippen LogP contribution in [-0.4, -0.2) is 43.0 Å². The number of nitrogens with zero attached hydrogens (tertiary/aromatic N) is 1. The molecular formula is C28H36N2O3. The number of hydrogen-bond donors (Lipinski definition) is 1. The van der Waals surface area contributed by atoms with Gasteiger partial charge >= 0.3 is 0 Å². The molecule has 176 valence electrons. The Morgan fingerprint density at radius 2 is 1.67 bits per heavy atom. The van der Waals surface area contributed by atoms with Gasteiger partial charge in [0.05, 0.1) is 18.6 Å². The second-order valence-corrected chi connectivity index (χ2v) is 10.7. The predicted octanol–water partition coefficient (Wildman–Crippen LogP) is 4.41. The van der Waals surface area contributed by atoms with Crippen LogP contribution in [0.5, 0.6) is 0 Å². The molecule has 1 fully saturated rings. The van der Waals surface area contributed by atoms with E-state index in [1.807, 2.05) is 41.3 Å². The fourth-order valence-corrected chi connectivity index (χ4v) is 5.65. The number of fused-ring (bicyclic) bond motifs is 2. The lowest BCUT2D eigenvalue weighted by Gasteiger charge is -2.44. The Morgan fingerprint density at radius 1 is 1.03 bits per heavy atom. The third-order valence-electron chi connectivity index (χ3n) is 7.15. The summed E-state index contributed by atoms with van der Waals surface area (Å²) in [5.74, 6) is 0.225. The smallest absolute Gasteiger partial charge is 0.224 e. The second-order valence-electron chi connectivity index (χ2n) is 10.7. The molecule has 0 saturated carbocycles. The van der Waals surface area contributed by atoms with Gasteiger partial charge in [-0.15, -0.1) is 0 Å². The lowest BCUT2D eigenvalue weighted by atomic mass is 9.71. The number of likely N-dealkylation sites (tertiary alicyclic amines) is 1. The Labute approximate surface area is 197 Å². The molecule has 0 radical (unpaired) electrons. The molecule has 1 aliphatic heterocycles. The van der Waals surface area contributed by atoms with Crippen LogP contribution in [0.4, 0.5) is 0 Å². The molecular weight excluding hydrogens is 412 g/mol. The standard InChI is InChI=1S/C28H36N2O3/c1-27(2,3)19-24(32)30-16-14-28(15-17-30)22-13-9-8-12-21(22)25(26(28)33-4)29-23(31)18-20-10-6-5-7-11-20/h5-13,25-26H,14-19H2,1-4H3,(H,29,31)/t25-,26+/m1/s1. The molecule has 2 amide bonds. The summed E-state index contributed by atoms with van der Waals surface area (Å²) in [4.78, 5) is 27.8. The second kappa shape index (κ2) is 9.30. The molecule has 33 heavy (non-hydrogen) atoms. The van der Waals surface area contributed by atoms with Crippen molar-refractivity contribution >= 4 is 11.8 Å². The Balaban J connectivity index is 1.54. The topological polar surface area (TPSA) is 58.6 Å². The van der Waals surface area contributed by atoms with Crippen molar-refractivity contribution in [2.24, 2.45) is 5.41 Å². The van der Waals surface area contributed by atoms with Crippen LogP contribution in [0.15, 0.2) is 54.6 Å². The van der Waals surface area contributed by atoms with Gasteiger partial charge in [0.1, 0.15) is 0 Å². The number of piperidine rings is 1. The maximum atomic E-state index is 13.0. The van der Waals surface area contributed by atoms with E-state index in [0.717, 1.165) is 24.0 Å². The minimum Gasteiger partial charge on any atom is -0.378 e. The third kappa shape index (κ3) is 4.84. The molecule has 1 aliphatic carbocycles. The normalized spacial score (nSPS) is 21.6. The Kier molecular flexibility index (Phi) is 6.62. The largest absolute Gasteiger partial charge is 0.378 e. The molecule has 2 aliphatic rings. The lowest BCUT2D eigenvalue weighted by molar-refractivity contribution is -0.135. The van der Waals surface area contributed by atoms with Crippen LogP contribution in [0.25, 0.3) is 0 Å². The summed E-state index contributed by atoms with van der Waals surface area (Å²) in [6.07, 6.45) is 2.42. The third-order valence-corrected chi connectivity index (χ3v) is 7.15. The zero-order chi connectivity index (χ0) is 23.6. The highest BCUT2D eigenvalue weighted by Crippen LogP contribution is 2.52. The number of rotatable bonds is 5. The molecule has 1 spiro atoms. The van der Waals surface area contributed by atoms with Gasteiger partial charge in [-0.3, -0.25) is 9.59 Å². The summed E-state index contributed by atoms with van der Waals surface area (Å²) in [7, 11) is 1.74. The van der Waals surface area contributed by atoms with Crippen LogP contribution in [0.2, 0.25) is 0 Å². The van der Waals surface area contributed by atoms with Crippen LogP contribution in [-0.2, 0) is 26.2 Å². The van der Waals surface area contributed by atoms with Crippen LogP contribution in [0.1, 0.15) is 62.8 Å². The van der Waals surface area contributed by atoms with Crippen molar-refractivity contribution in [2.75, 3.05) is 20.2 Å². The van der Waals surface area contributed by atoms with Gasteiger partial charge in [-0.2, -0.15) is 0 Å². The highest BCUT2D eigenvalue weighted by atomic mass is 16.5. The minimum absolute atomic E-state index is 0.00195. The Hall–Kier alpha value is -2.66. The van der Waals surface area contributed by atoms with Crippen molar-refractivity contribution in [3.8, 4) is 0 Å². The molecule has 2 aromatic rings. The molecule has 2 atom stereocenters. The van der Waals surface area contributed by atoms with Crippen molar-refractivity contribution in [2.45, 2.75) is 64.0 Å². The molecule has 1 heterocycles. The van der Waals surface area contributed by atoms with Gasteiger partial charge in [0.15, 0.2) is 0 Å². The monoisotopic (exact) mass is 448 g/mol. The van der Waals surface area contributed by atoms with E-state index in [4.69, 9.17) is 4.74 Å². The number of benzene rings is 2. The molecule has 2 aromatic carbocycles. The van der Waals surface area contributed by atoms with Gasteiger partial charge in [-0.05, 0) is 34.9 Å². The quantitative estimate of drug-likeness (QED) is 0.737. The summed E-state index contributed by atoms with van der Waals surface area (Å²) in [6, 6.07) is 18.0. The van der Waals surface area contributed by atoms with Crippen LogP contribution < -0.4 is 5.32 Å². The number of ether oxygens (including phenoxy) is 1. The fraction of sp³-hybridized carbons (Fsp3) is 0.500. The van der Waals surface area contributed by atoms with Crippen molar-refractivity contribution < 1.29 is 14.3 Å². The van der Waals surface area contributed by atoms with Gasteiger partial charge < -0.3 is 15.0 Å². The summed E-state index contributed by atoms with van der Waals surface area (Å²) in [5.41, 5.74) is 3.17. The number of methoxy groups -OCH3 is 1. The first-order chi connectivity index (χ1) is 15.7. The van der Waals surface area contributed by atoms with E-state index in [1.165, 1.54) is 5.56 Å². The number of carbonyl (C=O) groups excluding carboxylic acids is 2. The maximum Gasteiger partial charge on any atom is 0.224 e. The zero-order valence-electron chi connectivity index (χ0n) is 20.3. The number of carbonyl (C=O) groups is 2. The average Bonchev–Trinajstić information content (AvgIpc) is 3.02. The summed E-state index contributed by atoms with van der Waals surface area (Å²) < 4.78 is 6.11. The maximum absolute atomic E-state index is 13.0. The summed E-state index contributed by atoms with van der Waals surface area (Å²) in [5, 5.41) is 3.28. The van der Waals surface area contributed by atoms with Gasteiger partial charge in [0.25, 0.3) is 0 Å². The van der Waals surface area contributed by atoms with Gasteiger partial charge in [-0.1, -0.05) is 75.4 Å². The molecule has 4 rings (SSSR count). The highest BCUT2D eigenvalue weighted by Gasteiger charge is 2.54. The number of amides is 2. The van der Waals surface area contributed by atoms with E-state index in [1.54, 1.807) is 7.11 Å². The molecule has 5 heteroatoms. The average molecular weight is 449 g/mol. The van der Waals surface area contributed by atoms with E-state index < -0.39 is 0 Å². The minimum atomic E-state index is -0.200. The fourth-order valence-electron chi connectivity index (χ4n) is 5.65. The SMILES string of the molecule is CO[C@H]1[C@H](NC(=O)Cc2ccccc2)c2ccccc2C12CCN(C(=O)CC(C)(C)C)CC2. The van der Waals surface area contributed by atoms with Crippen molar-refractivity contribution in [1.29, 1.82) is 0 Å². The molecule has 5 nitrogen and oxygen atoms in total. The van der Waals surface area contributed by atoms with E-state index in [9.17, 15) is 9.59 Å². The molecule has 0 aromatic heterocycles. The Bertz CT molecular complexity index is 988. The van der Waals surface area contributed by atoms with Crippen LogP contribution in [0, 0.1) is 5.41 Å². The van der Waals surface area contributed by atoms with E-state index in [0.29, 0.717) is 25.9 Å². The number of nitrogens with one attached hydrogen (secondary N) is 1. The molecule has 1 saturated heterocycles. The molecule has 1 N–H and O–H groups in total. The number of hydrogen-bond acceptors (Lipinski definition) is 3. The summed E-state index contributed by atoms with van der Waals surface area (Å²) in [6.45, 7) is 7.75. The summed E-state index contributed by atoms with van der Waals surface area (Å²) >= 11 is 0. The van der Waals surface area contributed by atoms with Crippen LogP contribution >= 0.6 is 0 Å². The first-order valence-corrected chi connectivity index (χ1v) is 12.0. The highest BCUT2D eigenvalue weighted by molar-refractivity contribution is 5.79. The zero-order valence-corrected chi connectivity index (χ0v) is 20.3. The first-order valence-electron chi connectivity index (χ1n) is 12.0. The predicted molar refractivity (Wildman–Crippen MR) is 130 cm³/mol. The van der Waals surface area contributed by atoms with Gasteiger partial charge in [0, 0.05) is 32.0 Å². The van der Waals surface area contributed by atoms with E-state index in [-0.39, 0.29) is 34.8 Å². The van der Waals surface area contributed by atoms with Gasteiger partial charge in [0.2, 0.25) is 11.8 Å².